The highest BCUT2D eigenvalue weighted by atomic mass is 15.2. The van der Waals surface area contributed by atoms with E-state index in [1.165, 1.54) is 94.6 Å². The molecule has 3 nitrogen and oxygen atoms in total. The monoisotopic (exact) mass is 981 g/mol. The molecule has 0 aliphatic carbocycles. The van der Waals surface area contributed by atoms with Crippen LogP contribution < -0.4 is 25.5 Å². The first-order valence-corrected chi connectivity index (χ1v) is 26.6. The number of hydrogen-bond acceptors (Lipinski definition) is 3. The maximum atomic E-state index is 2.62. The van der Waals surface area contributed by atoms with Gasteiger partial charge in [-0.1, -0.05) is 218 Å². The Hall–Kier alpha value is -9.90. The normalized spacial score (nSPS) is 12.1. The molecule has 362 valence electrons. The summed E-state index contributed by atoms with van der Waals surface area (Å²) in [6.07, 6.45) is 0. The van der Waals surface area contributed by atoms with E-state index in [1.54, 1.807) is 0 Å². The fraction of sp³-hybridized carbons (Fsp3) is 0.0137. The average molecular weight is 982 g/mol. The number of rotatable bonds is 10. The minimum absolute atomic E-state index is 0.160. The molecule has 2 aliphatic rings. The van der Waals surface area contributed by atoms with E-state index in [1.807, 2.05) is 0 Å². The number of anilines is 8. The number of aryl methyl sites for hydroxylation is 1. The van der Waals surface area contributed by atoms with Gasteiger partial charge in [0.05, 0.1) is 0 Å². The highest BCUT2D eigenvalue weighted by Crippen LogP contribution is 2.50. The fourth-order valence-corrected chi connectivity index (χ4v) is 11.8. The van der Waals surface area contributed by atoms with Gasteiger partial charge >= 0.3 is 6.85 Å². The molecule has 0 N–H and O–H groups in total. The van der Waals surface area contributed by atoms with Gasteiger partial charge in [0.25, 0.3) is 0 Å². The summed E-state index contributed by atoms with van der Waals surface area (Å²) in [4.78, 5) is 7.55. The SMILES string of the molecule is Cc1cc2c3c(c1)N(c1ccc(-c4ccccc4)cc1)c1ccc(-c4ccccc4)cc1B3N(c1ccc(-c3ccccc3)cc1)c1ccc(N(c3ccc(-c4ccccc4)cc3)c3ccc(-c4ccccc4)cc3)cc1-2. The Bertz CT molecular complexity index is 3970. The molecule has 4 heteroatoms. The molecule has 0 saturated heterocycles. The molecule has 0 amide bonds. The van der Waals surface area contributed by atoms with Gasteiger partial charge in [0.2, 0.25) is 0 Å². The van der Waals surface area contributed by atoms with Crippen molar-refractivity contribution in [1.29, 1.82) is 0 Å². The molecule has 12 aromatic rings. The summed E-state index contributed by atoms with van der Waals surface area (Å²) >= 11 is 0. The molecule has 0 atom stereocenters. The molecule has 0 radical (unpaired) electrons. The van der Waals surface area contributed by atoms with E-state index >= 15 is 0 Å². The van der Waals surface area contributed by atoms with E-state index in [4.69, 9.17) is 0 Å². The van der Waals surface area contributed by atoms with Gasteiger partial charge in [0, 0.05) is 51.1 Å². The molecule has 0 aromatic heterocycles. The first-order chi connectivity index (χ1) is 38.1. The second-order valence-corrected chi connectivity index (χ2v) is 20.2. The zero-order chi connectivity index (χ0) is 51.2. The number of hydrogen-bond donors (Lipinski definition) is 0. The third kappa shape index (κ3) is 8.37. The lowest BCUT2D eigenvalue weighted by atomic mass is 9.43. The second-order valence-electron chi connectivity index (χ2n) is 20.2. The third-order valence-electron chi connectivity index (χ3n) is 15.5. The summed E-state index contributed by atoms with van der Waals surface area (Å²) < 4.78 is 0. The first-order valence-electron chi connectivity index (χ1n) is 26.6. The van der Waals surface area contributed by atoms with Gasteiger partial charge in [-0.25, -0.2) is 0 Å². The van der Waals surface area contributed by atoms with Crippen molar-refractivity contribution in [2.75, 3.05) is 14.6 Å². The zero-order valence-corrected chi connectivity index (χ0v) is 42.7. The van der Waals surface area contributed by atoms with Gasteiger partial charge in [-0.05, 0) is 163 Å². The summed E-state index contributed by atoms with van der Waals surface area (Å²) in [5.74, 6) is 0. The van der Waals surface area contributed by atoms with Crippen LogP contribution >= 0.6 is 0 Å². The average Bonchev–Trinajstić information content (AvgIpc) is 3.52. The lowest BCUT2D eigenvalue weighted by Gasteiger charge is -2.46. The van der Waals surface area contributed by atoms with E-state index in [-0.39, 0.29) is 6.85 Å². The Kier molecular flexibility index (Phi) is 11.5. The largest absolute Gasteiger partial charge is 0.376 e. The summed E-state index contributed by atoms with van der Waals surface area (Å²) in [6, 6.07) is 109. The van der Waals surface area contributed by atoms with Crippen LogP contribution in [0.1, 0.15) is 5.56 Å². The second kappa shape index (κ2) is 19.4. The molecular formula is C73H52BN3. The Morgan fingerprint density at radius 1 is 0.286 bits per heavy atom. The van der Waals surface area contributed by atoms with E-state index < -0.39 is 0 Å². The van der Waals surface area contributed by atoms with Gasteiger partial charge < -0.3 is 14.6 Å². The van der Waals surface area contributed by atoms with Gasteiger partial charge in [0.1, 0.15) is 0 Å². The standard InChI is InChI=1S/C73H52BN3/c1-51-47-68-67-50-66(75(62-36-27-57(28-37-62)52-17-7-2-8-18-52)63-38-29-58(30-39-63)53-19-9-3-10-20-53)44-46-70(67)77(65-42-33-60(34-43-65)55-23-13-5-14-24-55)74-69-49-61(56-25-15-6-16-26-56)35-45-71(69)76(72(48-51)73(68)74)64-40-31-59(32-41-64)54-21-11-4-12-22-54/h2-50H,1H3. The Balaban J connectivity index is 0.993. The van der Waals surface area contributed by atoms with Crippen molar-refractivity contribution in [3.63, 3.8) is 0 Å². The lowest BCUT2D eigenvalue weighted by molar-refractivity contribution is 1.25. The molecule has 0 spiro atoms. The number of benzene rings is 12. The number of nitrogens with zero attached hydrogens (tertiary/aromatic N) is 3. The van der Waals surface area contributed by atoms with Crippen LogP contribution in [0.25, 0.3) is 66.8 Å². The minimum Gasteiger partial charge on any atom is -0.376 e. The molecule has 14 rings (SSSR count). The quantitative estimate of drug-likeness (QED) is 0.126. The third-order valence-corrected chi connectivity index (χ3v) is 15.5. The topological polar surface area (TPSA) is 9.72 Å². The Labute approximate surface area is 452 Å². The Morgan fingerprint density at radius 3 is 1.13 bits per heavy atom. The van der Waals surface area contributed by atoms with E-state index in [0.29, 0.717) is 0 Å². The van der Waals surface area contributed by atoms with Crippen molar-refractivity contribution >= 4 is 63.3 Å². The minimum atomic E-state index is -0.160. The smallest absolute Gasteiger partial charge is 0.333 e. The molecule has 77 heavy (non-hydrogen) atoms. The summed E-state index contributed by atoms with van der Waals surface area (Å²) in [6.45, 7) is 2.09. The summed E-state index contributed by atoms with van der Waals surface area (Å²) in [5, 5.41) is 0. The van der Waals surface area contributed by atoms with Crippen molar-refractivity contribution in [1.82, 2.24) is 0 Å². The maximum absolute atomic E-state index is 2.62. The predicted molar refractivity (Wildman–Crippen MR) is 327 cm³/mol. The van der Waals surface area contributed by atoms with E-state index in [0.717, 1.165) is 34.1 Å². The van der Waals surface area contributed by atoms with Gasteiger partial charge in [0.15, 0.2) is 0 Å². The van der Waals surface area contributed by atoms with Crippen LogP contribution in [0.3, 0.4) is 0 Å². The molecule has 2 heterocycles. The molecule has 0 saturated carbocycles. The van der Waals surface area contributed by atoms with Gasteiger partial charge in [-0.15, -0.1) is 0 Å². The van der Waals surface area contributed by atoms with Crippen molar-refractivity contribution in [2.45, 2.75) is 6.92 Å². The van der Waals surface area contributed by atoms with E-state index in [2.05, 4.69) is 319 Å². The molecule has 0 bridgehead atoms. The summed E-state index contributed by atoms with van der Waals surface area (Å²) in [5.41, 5.74) is 27.1. The predicted octanol–water partition coefficient (Wildman–Crippen LogP) is 18.5. The first kappa shape index (κ1) is 45.7. The zero-order valence-electron chi connectivity index (χ0n) is 42.7. The van der Waals surface area contributed by atoms with Crippen molar-refractivity contribution < 1.29 is 0 Å². The fourth-order valence-electron chi connectivity index (χ4n) is 11.8. The Morgan fingerprint density at radius 2 is 0.662 bits per heavy atom. The van der Waals surface area contributed by atoms with Crippen molar-refractivity contribution in [3.05, 3.63) is 303 Å². The molecule has 0 fully saturated rings. The van der Waals surface area contributed by atoms with Crippen LogP contribution in [0.2, 0.25) is 0 Å². The molecule has 12 aromatic carbocycles. The maximum Gasteiger partial charge on any atom is 0.333 e. The number of fused-ring (bicyclic) bond motifs is 4. The molecular weight excluding hydrogens is 930 g/mol. The van der Waals surface area contributed by atoms with Crippen LogP contribution in [0, 0.1) is 6.92 Å². The van der Waals surface area contributed by atoms with Gasteiger partial charge in [-0.2, -0.15) is 0 Å². The molecule has 2 aliphatic heterocycles. The van der Waals surface area contributed by atoms with E-state index in [9.17, 15) is 0 Å². The van der Waals surface area contributed by atoms with Crippen LogP contribution in [0.4, 0.5) is 45.5 Å². The van der Waals surface area contributed by atoms with Crippen LogP contribution in [-0.4, -0.2) is 6.85 Å². The van der Waals surface area contributed by atoms with Crippen LogP contribution in [-0.2, 0) is 0 Å². The van der Waals surface area contributed by atoms with Crippen LogP contribution in [0.5, 0.6) is 0 Å². The highest BCUT2D eigenvalue weighted by molar-refractivity contribution is 6.93. The lowest BCUT2D eigenvalue weighted by Crippen LogP contribution is -2.61. The van der Waals surface area contributed by atoms with Gasteiger partial charge in [-0.3, -0.25) is 0 Å². The highest BCUT2D eigenvalue weighted by Gasteiger charge is 2.45. The molecule has 0 unspecified atom stereocenters. The van der Waals surface area contributed by atoms with Crippen LogP contribution in [0.15, 0.2) is 297 Å². The summed E-state index contributed by atoms with van der Waals surface area (Å²) in [7, 11) is 0. The van der Waals surface area contributed by atoms with Crippen molar-refractivity contribution in [3.8, 4) is 66.8 Å². The van der Waals surface area contributed by atoms with Crippen molar-refractivity contribution in [2.24, 2.45) is 0 Å².